The minimum absolute atomic E-state index is 0.504. The molecule has 0 bridgehead atoms. The fourth-order valence-electron chi connectivity index (χ4n) is 1.10. The van der Waals surface area contributed by atoms with E-state index in [0.717, 1.165) is 12.1 Å². The van der Waals surface area contributed by atoms with Crippen LogP contribution in [0.3, 0.4) is 0 Å². The van der Waals surface area contributed by atoms with Crippen LogP contribution in [-0.4, -0.2) is 12.0 Å². The van der Waals surface area contributed by atoms with Crippen LogP contribution in [0.4, 0.5) is 17.6 Å². The van der Waals surface area contributed by atoms with Crippen LogP contribution >= 0.6 is 0 Å². The third-order valence-electron chi connectivity index (χ3n) is 2.27. The molecule has 1 aromatic carbocycles. The molecule has 0 saturated carbocycles. The summed E-state index contributed by atoms with van der Waals surface area (Å²) < 4.78 is 51.9. The molecule has 1 aromatic rings. The van der Waals surface area contributed by atoms with Crippen molar-refractivity contribution in [3.05, 3.63) is 35.9 Å². The van der Waals surface area contributed by atoms with E-state index in [1.54, 1.807) is 0 Å². The zero-order valence-corrected chi connectivity index (χ0v) is 8.05. The highest BCUT2D eigenvalue weighted by atomic mass is 19.3. The Bertz CT molecular complexity index is 321. The van der Waals surface area contributed by atoms with Crippen LogP contribution in [0.15, 0.2) is 30.3 Å². The van der Waals surface area contributed by atoms with Gasteiger partial charge in [0.1, 0.15) is 5.54 Å². The highest BCUT2D eigenvalue weighted by Gasteiger charge is 2.54. The van der Waals surface area contributed by atoms with Gasteiger partial charge < -0.3 is 5.73 Å². The Morgan fingerprint density at radius 2 is 1.60 bits per heavy atom. The first kappa shape index (κ1) is 12.0. The molecule has 0 aliphatic rings. The predicted molar refractivity (Wildman–Crippen MR) is 48.9 cm³/mol. The molecule has 0 amide bonds. The number of nitrogens with two attached hydrogens (primary N) is 1. The predicted octanol–water partition coefficient (Wildman–Crippen LogP) is 2.76. The highest BCUT2D eigenvalue weighted by Crippen LogP contribution is 2.40. The summed E-state index contributed by atoms with van der Waals surface area (Å²) in [6.45, 7) is 0.644. The largest absolute Gasteiger partial charge is 0.315 e. The molecule has 84 valence electrons. The minimum Gasteiger partial charge on any atom is -0.315 e. The maximum atomic E-state index is 13.6. The molecule has 1 rings (SSSR count). The van der Waals surface area contributed by atoms with Crippen molar-refractivity contribution in [3.63, 3.8) is 0 Å². The van der Waals surface area contributed by atoms with Crippen LogP contribution in [0, 0.1) is 0 Å². The second-order valence-electron chi connectivity index (χ2n) is 3.52. The lowest BCUT2D eigenvalue weighted by atomic mass is 9.89. The number of halogens is 4. The molecule has 0 aliphatic carbocycles. The van der Waals surface area contributed by atoms with E-state index < -0.39 is 23.5 Å². The zero-order chi connectivity index (χ0) is 11.7. The summed E-state index contributed by atoms with van der Waals surface area (Å²) in [4.78, 5) is 0. The summed E-state index contributed by atoms with van der Waals surface area (Å²) >= 11 is 0. The van der Waals surface area contributed by atoms with Gasteiger partial charge in [-0.05, 0) is 6.92 Å². The average Bonchev–Trinajstić information content (AvgIpc) is 2.18. The first-order valence-corrected chi connectivity index (χ1v) is 4.30. The molecule has 5 heteroatoms. The molecule has 2 N–H and O–H groups in total. The van der Waals surface area contributed by atoms with Crippen molar-refractivity contribution in [1.29, 1.82) is 0 Å². The van der Waals surface area contributed by atoms with Crippen molar-refractivity contribution >= 4 is 0 Å². The summed E-state index contributed by atoms with van der Waals surface area (Å²) in [7, 11) is 0. The second kappa shape index (κ2) is 3.81. The van der Waals surface area contributed by atoms with Gasteiger partial charge in [-0.25, -0.2) is 8.78 Å². The molecule has 0 spiro atoms. The molecule has 0 heterocycles. The van der Waals surface area contributed by atoms with Gasteiger partial charge in [-0.3, -0.25) is 0 Å². The Balaban J connectivity index is 3.13. The van der Waals surface area contributed by atoms with Crippen molar-refractivity contribution in [2.45, 2.75) is 24.8 Å². The van der Waals surface area contributed by atoms with E-state index in [9.17, 15) is 17.6 Å². The molecular formula is C10H11F4N. The van der Waals surface area contributed by atoms with Crippen molar-refractivity contribution in [3.8, 4) is 0 Å². The summed E-state index contributed by atoms with van der Waals surface area (Å²) in [6.07, 6.45) is -3.30. The first-order valence-electron chi connectivity index (χ1n) is 4.30. The van der Waals surface area contributed by atoms with Gasteiger partial charge in [-0.15, -0.1) is 0 Å². The lowest BCUT2D eigenvalue weighted by Crippen LogP contribution is -2.56. The molecule has 0 fully saturated rings. The van der Waals surface area contributed by atoms with E-state index in [-0.39, 0.29) is 0 Å². The van der Waals surface area contributed by atoms with Gasteiger partial charge in [-0.2, -0.15) is 8.78 Å². The van der Waals surface area contributed by atoms with Crippen LogP contribution in [0.25, 0.3) is 0 Å². The third-order valence-corrected chi connectivity index (χ3v) is 2.27. The van der Waals surface area contributed by atoms with Crippen LogP contribution in [0.2, 0.25) is 0 Å². The second-order valence-corrected chi connectivity index (χ2v) is 3.52. The molecule has 15 heavy (non-hydrogen) atoms. The standard InChI is InChI=1S/C10H11F4N/c1-9(15,8(11)12)10(13,14)7-5-3-2-4-6-7/h2-6,8H,15H2,1H3. The third kappa shape index (κ3) is 1.97. The number of hydrogen-bond donors (Lipinski definition) is 1. The molecule has 0 aliphatic heterocycles. The molecular weight excluding hydrogens is 210 g/mol. The maximum Gasteiger partial charge on any atom is 0.296 e. The van der Waals surface area contributed by atoms with Gasteiger partial charge in [0, 0.05) is 5.56 Å². The number of rotatable bonds is 3. The Labute approximate surface area is 84.9 Å². The highest BCUT2D eigenvalue weighted by molar-refractivity contribution is 5.24. The van der Waals surface area contributed by atoms with Gasteiger partial charge in [0.25, 0.3) is 12.3 Å². The zero-order valence-electron chi connectivity index (χ0n) is 8.05. The van der Waals surface area contributed by atoms with E-state index in [1.807, 2.05) is 0 Å². The van der Waals surface area contributed by atoms with Gasteiger partial charge in [-0.1, -0.05) is 30.3 Å². The molecule has 0 aromatic heterocycles. The van der Waals surface area contributed by atoms with E-state index in [4.69, 9.17) is 5.73 Å². The monoisotopic (exact) mass is 221 g/mol. The quantitative estimate of drug-likeness (QED) is 0.780. The Kier molecular flexibility index (Phi) is 3.04. The van der Waals surface area contributed by atoms with Crippen LogP contribution in [0.1, 0.15) is 12.5 Å². The van der Waals surface area contributed by atoms with E-state index in [0.29, 0.717) is 6.92 Å². The SMILES string of the molecule is CC(N)(C(F)F)C(F)(F)c1ccccc1. The van der Waals surface area contributed by atoms with Gasteiger partial charge >= 0.3 is 0 Å². The normalized spacial score (nSPS) is 16.5. The van der Waals surface area contributed by atoms with Crippen molar-refractivity contribution < 1.29 is 17.6 Å². The fourth-order valence-corrected chi connectivity index (χ4v) is 1.10. The molecule has 0 saturated heterocycles. The number of hydrogen-bond acceptors (Lipinski definition) is 1. The molecule has 1 atom stereocenters. The number of benzene rings is 1. The van der Waals surface area contributed by atoms with E-state index in [1.165, 1.54) is 18.2 Å². The van der Waals surface area contributed by atoms with Crippen LogP contribution < -0.4 is 5.73 Å². The first-order chi connectivity index (χ1) is 6.80. The molecule has 1 unspecified atom stereocenters. The molecule has 1 nitrogen and oxygen atoms in total. The van der Waals surface area contributed by atoms with Crippen LogP contribution in [-0.2, 0) is 5.92 Å². The molecule has 0 radical (unpaired) electrons. The Morgan fingerprint density at radius 1 is 1.13 bits per heavy atom. The van der Waals surface area contributed by atoms with Gasteiger partial charge in [0.05, 0.1) is 0 Å². The van der Waals surface area contributed by atoms with Crippen molar-refractivity contribution in [2.75, 3.05) is 0 Å². The summed E-state index contributed by atoms with van der Waals surface area (Å²) in [5.74, 6) is -3.76. The Hall–Kier alpha value is -1.10. The Morgan fingerprint density at radius 3 is 2.00 bits per heavy atom. The summed E-state index contributed by atoms with van der Waals surface area (Å²) in [5.41, 5.74) is 1.60. The average molecular weight is 221 g/mol. The summed E-state index contributed by atoms with van der Waals surface area (Å²) in [5, 5.41) is 0. The lowest BCUT2D eigenvalue weighted by Gasteiger charge is -2.33. The topological polar surface area (TPSA) is 26.0 Å². The van der Waals surface area contributed by atoms with E-state index >= 15 is 0 Å². The van der Waals surface area contributed by atoms with Crippen molar-refractivity contribution in [2.24, 2.45) is 5.73 Å². The lowest BCUT2D eigenvalue weighted by molar-refractivity contribution is -0.131. The number of alkyl halides is 4. The fraction of sp³-hybridized carbons (Fsp3) is 0.400. The van der Waals surface area contributed by atoms with Crippen LogP contribution in [0.5, 0.6) is 0 Å². The maximum absolute atomic E-state index is 13.6. The van der Waals surface area contributed by atoms with Crippen molar-refractivity contribution in [1.82, 2.24) is 0 Å². The smallest absolute Gasteiger partial charge is 0.296 e. The minimum atomic E-state index is -3.76. The van der Waals surface area contributed by atoms with Gasteiger partial charge in [0.2, 0.25) is 0 Å². The van der Waals surface area contributed by atoms with Gasteiger partial charge in [0.15, 0.2) is 0 Å². The summed E-state index contributed by atoms with van der Waals surface area (Å²) in [6, 6.07) is 6.38. The van der Waals surface area contributed by atoms with E-state index in [2.05, 4.69) is 0 Å².